The van der Waals surface area contributed by atoms with Gasteiger partial charge in [-0.15, -0.1) is 0 Å². The van der Waals surface area contributed by atoms with Crippen molar-refractivity contribution < 1.29 is 0 Å². The molecule has 0 N–H and O–H groups in total. The number of hydrogen-bond donors (Lipinski definition) is 0. The van der Waals surface area contributed by atoms with Gasteiger partial charge in [-0.3, -0.25) is 0 Å². The van der Waals surface area contributed by atoms with Gasteiger partial charge in [0.2, 0.25) is 0 Å². The lowest BCUT2D eigenvalue weighted by atomic mass is 9.91. The SMILES string of the molecule is C=C(C)C=CC=C(C)C=CCC(C)CCCCC(C)CCCC(C)CCCC(C)C. The minimum Gasteiger partial charge on any atom is -0.0961 e. The molecule has 0 nitrogen and oxygen atoms in total. The van der Waals surface area contributed by atoms with Crippen LogP contribution in [-0.2, 0) is 0 Å². The zero-order valence-electron chi connectivity index (χ0n) is 21.7. The Bertz CT molecular complexity index is 502. The van der Waals surface area contributed by atoms with Crippen LogP contribution in [0, 0.1) is 23.7 Å². The first-order valence-corrected chi connectivity index (χ1v) is 12.9. The summed E-state index contributed by atoms with van der Waals surface area (Å²) in [4.78, 5) is 0. The standard InChI is InChI=1S/C30H54/c1-25(2)15-11-19-29(7)23-13-21-27(5)17-9-10-18-28(6)22-14-24-30(8)20-12-16-26(3)4/h11,13,15,19,23,26-28,30H,1,9-10,12,14,16-18,20-22,24H2,2-8H3. The van der Waals surface area contributed by atoms with E-state index in [2.05, 4.69) is 78.5 Å². The molecule has 0 bridgehead atoms. The molecule has 0 heterocycles. The summed E-state index contributed by atoms with van der Waals surface area (Å²) >= 11 is 0. The van der Waals surface area contributed by atoms with Crippen LogP contribution in [0.25, 0.3) is 0 Å². The Morgan fingerprint density at radius 2 is 1.17 bits per heavy atom. The molecule has 0 rings (SSSR count). The summed E-state index contributed by atoms with van der Waals surface area (Å²) in [5, 5.41) is 0. The van der Waals surface area contributed by atoms with Crippen LogP contribution in [0.2, 0.25) is 0 Å². The summed E-state index contributed by atoms with van der Waals surface area (Å²) in [7, 11) is 0. The van der Waals surface area contributed by atoms with Crippen molar-refractivity contribution in [2.45, 2.75) is 119 Å². The van der Waals surface area contributed by atoms with E-state index in [0.717, 1.165) is 29.2 Å². The Morgan fingerprint density at radius 3 is 1.70 bits per heavy atom. The van der Waals surface area contributed by atoms with Crippen molar-refractivity contribution in [2.24, 2.45) is 23.7 Å². The van der Waals surface area contributed by atoms with Crippen molar-refractivity contribution in [1.29, 1.82) is 0 Å². The molecule has 3 atom stereocenters. The van der Waals surface area contributed by atoms with E-state index in [1.807, 2.05) is 6.92 Å². The van der Waals surface area contributed by atoms with Gasteiger partial charge >= 0.3 is 0 Å². The molecule has 0 fully saturated rings. The predicted molar refractivity (Wildman–Crippen MR) is 140 cm³/mol. The van der Waals surface area contributed by atoms with E-state index in [4.69, 9.17) is 0 Å². The summed E-state index contributed by atoms with van der Waals surface area (Å²) < 4.78 is 0. The quantitative estimate of drug-likeness (QED) is 0.154. The third kappa shape index (κ3) is 20.2. The van der Waals surface area contributed by atoms with E-state index < -0.39 is 0 Å². The van der Waals surface area contributed by atoms with Gasteiger partial charge in [-0.05, 0) is 43.9 Å². The maximum atomic E-state index is 3.89. The highest BCUT2D eigenvalue weighted by Gasteiger charge is 2.07. The second-order valence-corrected chi connectivity index (χ2v) is 10.6. The van der Waals surface area contributed by atoms with Gasteiger partial charge < -0.3 is 0 Å². The predicted octanol–water partition coefficient (Wildman–Crippen LogP) is 10.5. The minimum absolute atomic E-state index is 0.794. The molecule has 0 heteroatoms. The zero-order chi connectivity index (χ0) is 22.8. The zero-order valence-corrected chi connectivity index (χ0v) is 21.7. The van der Waals surface area contributed by atoms with Crippen molar-refractivity contribution in [2.75, 3.05) is 0 Å². The van der Waals surface area contributed by atoms with Crippen molar-refractivity contribution >= 4 is 0 Å². The van der Waals surface area contributed by atoms with Crippen LogP contribution >= 0.6 is 0 Å². The molecular formula is C30H54. The molecule has 3 unspecified atom stereocenters. The Balaban J connectivity index is 3.75. The van der Waals surface area contributed by atoms with Crippen LogP contribution < -0.4 is 0 Å². The van der Waals surface area contributed by atoms with Crippen LogP contribution in [0.1, 0.15) is 119 Å². The topological polar surface area (TPSA) is 0 Å². The fourth-order valence-corrected chi connectivity index (χ4v) is 3.99. The molecule has 0 aliphatic carbocycles. The van der Waals surface area contributed by atoms with Crippen LogP contribution in [0.5, 0.6) is 0 Å². The summed E-state index contributed by atoms with van der Waals surface area (Å²) in [6.07, 6.45) is 26.2. The molecule has 0 aliphatic heterocycles. The molecule has 0 spiro atoms. The molecule has 0 aromatic rings. The lowest BCUT2D eigenvalue weighted by molar-refractivity contribution is 0.381. The Morgan fingerprint density at radius 1 is 0.667 bits per heavy atom. The maximum absolute atomic E-state index is 3.89. The van der Waals surface area contributed by atoms with Gasteiger partial charge in [0.15, 0.2) is 0 Å². The highest BCUT2D eigenvalue weighted by atomic mass is 14.1. The summed E-state index contributed by atoms with van der Waals surface area (Å²) in [6.45, 7) is 20.1. The lowest BCUT2D eigenvalue weighted by Crippen LogP contribution is -2.00. The molecular weight excluding hydrogens is 360 g/mol. The first-order chi connectivity index (χ1) is 14.2. The Hall–Kier alpha value is -1.04. The molecule has 0 amide bonds. The average molecular weight is 415 g/mol. The van der Waals surface area contributed by atoms with Gasteiger partial charge in [0.1, 0.15) is 0 Å². The first-order valence-electron chi connectivity index (χ1n) is 12.9. The van der Waals surface area contributed by atoms with E-state index in [1.54, 1.807) is 0 Å². The van der Waals surface area contributed by atoms with Crippen LogP contribution in [0.15, 0.2) is 48.1 Å². The number of hydrogen-bond acceptors (Lipinski definition) is 0. The Labute approximate surface area is 191 Å². The average Bonchev–Trinajstić information content (AvgIpc) is 2.64. The van der Waals surface area contributed by atoms with Gasteiger partial charge in [0, 0.05) is 0 Å². The highest BCUT2D eigenvalue weighted by molar-refractivity contribution is 5.25. The van der Waals surface area contributed by atoms with E-state index in [0.29, 0.717) is 0 Å². The first kappa shape index (κ1) is 29.0. The number of rotatable bonds is 18. The number of unbranched alkanes of at least 4 members (excludes halogenated alkanes) is 1. The van der Waals surface area contributed by atoms with Gasteiger partial charge in [0.05, 0.1) is 0 Å². The van der Waals surface area contributed by atoms with Gasteiger partial charge in [-0.1, -0.05) is 147 Å². The molecule has 0 aromatic carbocycles. The molecule has 0 saturated heterocycles. The summed E-state index contributed by atoms with van der Waals surface area (Å²) in [6, 6.07) is 0. The maximum Gasteiger partial charge on any atom is -0.0322 e. The molecule has 0 saturated carbocycles. The van der Waals surface area contributed by atoms with E-state index >= 15 is 0 Å². The molecule has 0 aromatic heterocycles. The van der Waals surface area contributed by atoms with Crippen molar-refractivity contribution in [3.8, 4) is 0 Å². The second-order valence-electron chi connectivity index (χ2n) is 10.6. The molecule has 0 aliphatic rings. The number of allylic oxidation sites excluding steroid dienone is 7. The van der Waals surface area contributed by atoms with Crippen LogP contribution in [-0.4, -0.2) is 0 Å². The van der Waals surface area contributed by atoms with E-state index in [9.17, 15) is 0 Å². The van der Waals surface area contributed by atoms with Gasteiger partial charge in [-0.2, -0.15) is 0 Å². The van der Waals surface area contributed by atoms with Crippen molar-refractivity contribution in [3.05, 3.63) is 48.1 Å². The minimum atomic E-state index is 0.794. The van der Waals surface area contributed by atoms with Crippen LogP contribution in [0.4, 0.5) is 0 Å². The largest absolute Gasteiger partial charge is 0.0961 e. The highest BCUT2D eigenvalue weighted by Crippen LogP contribution is 2.22. The lowest BCUT2D eigenvalue weighted by Gasteiger charge is -2.15. The van der Waals surface area contributed by atoms with Crippen molar-refractivity contribution in [3.63, 3.8) is 0 Å². The normalized spacial score (nSPS) is 15.9. The van der Waals surface area contributed by atoms with E-state index in [1.165, 1.54) is 76.2 Å². The van der Waals surface area contributed by atoms with E-state index in [-0.39, 0.29) is 0 Å². The smallest absolute Gasteiger partial charge is 0.0322 e. The monoisotopic (exact) mass is 414 g/mol. The van der Waals surface area contributed by atoms with Gasteiger partial charge in [-0.25, -0.2) is 0 Å². The van der Waals surface area contributed by atoms with Crippen LogP contribution in [0.3, 0.4) is 0 Å². The molecule has 0 radical (unpaired) electrons. The molecule has 174 valence electrons. The summed E-state index contributed by atoms with van der Waals surface area (Å²) in [5.41, 5.74) is 2.40. The fraction of sp³-hybridized carbons (Fsp3) is 0.733. The Kier molecular flexibility index (Phi) is 18.1. The van der Waals surface area contributed by atoms with Crippen molar-refractivity contribution in [1.82, 2.24) is 0 Å². The molecule has 30 heavy (non-hydrogen) atoms. The third-order valence-corrected chi connectivity index (χ3v) is 6.18. The van der Waals surface area contributed by atoms with Gasteiger partial charge in [0.25, 0.3) is 0 Å². The fourth-order valence-electron chi connectivity index (χ4n) is 3.99. The third-order valence-electron chi connectivity index (χ3n) is 6.18. The summed E-state index contributed by atoms with van der Waals surface area (Å²) in [5.74, 6) is 3.49. The second kappa shape index (κ2) is 18.7.